The highest BCUT2D eigenvalue weighted by Crippen LogP contribution is 2.28. The molecular formula is C10H17BrO3S. The molecule has 0 saturated carbocycles. The predicted molar refractivity (Wildman–Crippen MR) is 66.6 cm³/mol. The van der Waals surface area contributed by atoms with E-state index < -0.39 is 4.75 Å². The van der Waals surface area contributed by atoms with Crippen LogP contribution >= 0.6 is 27.7 Å². The Balaban J connectivity index is 4.15. The summed E-state index contributed by atoms with van der Waals surface area (Å²) in [7, 11) is 0. The van der Waals surface area contributed by atoms with Gasteiger partial charge in [0.15, 0.2) is 5.78 Å². The van der Waals surface area contributed by atoms with Gasteiger partial charge in [-0.3, -0.25) is 9.59 Å². The van der Waals surface area contributed by atoms with E-state index in [1.165, 1.54) is 11.8 Å². The number of thioether (sulfide) groups is 1. The summed E-state index contributed by atoms with van der Waals surface area (Å²) < 4.78 is 4.23. The number of Topliss-reactive ketones (excluding diaryl/α,β-unsaturated/α-hetero) is 1. The fourth-order valence-electron chi connectivity index (χ4n) is 0.992. The molecule has 1 atom stereocenters. The lowest BCUT2D eigenvalue weighted by atomic mass is 10.1. The number of halogens is 1. The summed E-state index contributed by atoms with van der Waals surface area (Å²) in [5.41, 5.74) is 0. The number of rotatable bonds is 6. The Bertz CT molecular complexity index is 239. The van der Waals surface area contributed by atoms with Gasteiger partial charge in [-0.25, -0.2) is 0 Å². The number of ether oxygens (including phenoxy) is 1. The Labute approximate surface area is 103 Å². The lowest BCUT2D eigenvalue weighted by molar-refractivity contribution is -0.139. The van der Waals surface area contributed by atoms with Crippen LogP contribution in [0.2, 0.25) is 0 Å². The predicted octanol–water partition coefficient (Wildman–Crippen LogP) is 2.41. The van der Waals surface area contributed by atoms with Gasteiger partial charge >= 0.3 is 5.97 Å². The molecule has 3 nitrogen and oxygen atoms in total. The maximum absolute atomic E-state index is 11.7. The van der Waals surface area contributed by atoms with Crippen LogP contribution in [0.4, 0.5) is 0 Å². The van der Waals surface area contributed by atoms with E-state index in [1.807, 2.05) is 13.8 Å². The van der Waals surface area contributed by atoms with Crippen molar-refractivity contribution >= 4 is 39.4 Å². The van der Waals surface area contributed by atoms with E-state index in [-0.39, 0.29) is 22.3 Å². The van der Waals surface area contributed by atoms with Crippen molar-refractivity contribution in [1.82, 2.24) is 0 Å². The second-order valence-corrected chi connectivity index (χ2v) is 6.56. The van der Waals surface area contributed by atoms with Crippen LogP contribution < -0.4 is 0 Å². The van der Waals surface area contributed by atoms with Crippen LogP contribution in [0.15, 0.2) is 0 Å². The maximum atomic E-state index is 11.7. The van der Waals surface area contributed by atoms with Crippen molar-refractivity contribution in [2.75, 3.05) is 12.4 Å². The van der Waals surface area contributed by atoms with Crippen LogP contribution in [0.1, 0.15) is 27.7 Å². The number of alkyl halides is 1. The van der Waals surface area contributed by atoms with Crippen molar-refractivity contribution < 1.29 is 14.3 Å². The second kappa shape index (κ2) is 6.53. The molecule has 0 aromatic heterocycles. The fourth-order valence-corrected chi connectivity index (χ4v) is 2.60. The van der Waals surface area contributed by atoms with E-state index in [2.05, 4.69) is 15.9 Å². The molecule has 0 aliphatic rings. The monoisotopic (exact) mass is 296 g/mol. The van der Waals surface area contributed by atoms with Crippen LogP contribution in [0.3, 0.4) is 0 Å². The van der Waals surface area contributed by atoms with Gasteiger partial charge in [0.25, 0.3) is 0 Å². The zero-order chi connectivity index (χ0) is 12.1. The molecule has 0 aliphatic heterocycles. The molecule has 1 unspecified atom stereocenters. The fraction of sp³-hybridized carbons (Fsp3) is 0.800. The van der Waals surface area contributed by atoms with Gasteiger partial charge in [-0.05, 0) is 27.7 Å². The molecule has 0 fully saturated rings. The molecule has 88 valence electrons. The molecule has 0 aromatic carbocycles. The zero-order valence-corrected chi connectivity index (χ0v) is 11.9. The van der Waals surface area contributed by atoms with E-state index in [0.717, 1.165) is 0 Å². The average molecular weight is 297 g/mol. The summed E-state index contributed by atoms with van der Waals surface area (Å²) in [6.07, 6.45) is 0. The topological polar surface area (TPSA) is 43.4 Å². The van der Waals surface area contributed by atoms with E-state index in [9.17, 15) is 9.59 Å². The van der Waals surface area contributed by atoms with Gasteiger partial charge in [0.2, 0.25) is 0 Å². The van der Waals surface area contributed by atoms with Gasteiger partial charge < -0.3 is 4.74 Å². The molecule has 0 radical (unpaired) electrons. The Morgan fingerprint density at radius 1 is 1.47 bits per heavy atom. The first-order valence-corrected chi connectivity index (χ1v) is 6.69. The molecule has 0 rings (SSSR count). The molecule has 0 N–H and O–H groups in total. The first kappa shape index (κ1) is 15.0. The van der Waals surface area contributed by atoms with Gasteiger partial charge in [-0.15, -0.1) is 11.8 Å². The first-order chi connectivity index (χ1) is 6.81. The van der Waals surface area contributed by atoms with Gasteiger partial charge in [-0.2, -0.15) is 0 Å². The van der Waals surface area contributed by atoms with Crippen LogP contribution in [0.5, 0.6) is 0 Å². The largest absolute Gasteiger partial charge is 0.465 e. The molecule has 0 bridgehead atoms. The maximum Gasteiger partial charge on any atom is 0.315 e. The number of hydrogen-bond donors (Lipinski definition) is 0. The van der Waals surface area contributed by atoms with Crippen molar-refractivity contribution in [2.24, 2.45) is 0 Å². The SMILES string of the molecule is CCOC(=O)CSC(C)(C)C(=O)C(C)Br. The third-order valence-electron chi connectivity index (χ3n) is 1.81. The Hall–Kier alpha value is -0.0300. The minimum atomic E-state index is -0.560. The third-order valence-corrected chi connectivity index (χ3v) is 3.53. The lowest BCUT2D eigenvalue weighted by Crippen LogP contribution is -2.34. The summed E-state index contributed by atoms with van der Waals surface area (Å²) >= 11 is 4.54. The Morgan fingerprint density at radius 2 is 2.00 bits per heavy atom. The summed E-state index contributed by atoms with van der Waals surface area (Å²) in [5.74, 6) is 0.0224. The summed E-state index contributed by atoms with van der Waals surface area (Å²) in [6.45, 7) is 7.56. The van der Waals surface area contributed by atoms with Crippen LogP contribution in [0.25, 0.3) is 0 Å². The highest BCUT2D eigenvalue weighted by molar-refractivity contribution is 9.10. The number of ketones is 1. The van der Waals surface area contributed by atoms with Gasteiger partial charge in [0, 0.05) is 0 Å². The van der Waals surface area contributed by atoms with E-state index in [0.29, 0.717) is 6.61 Å². The quantitative estimate of drug-likeness (QED) is 0.558. The van der Waals surface area contributed by atoms with Gasteiger partial charge in [0.1, 0.15) is 0 Å². The second-order valence-electron chi connectivity index (χ2n) is 3.58. The van der Waals surface area contributed by atoms with Crippen LogP contribution in [-0.2, 0) is 14.3 Å². The Morgan fingerprint density at radius 3 is 2.40 bits per heavy atom. The van der Waals surface area contributed by atoms with Crippen molar-refractivity contribution in [1.29, 1.82) is 0 Å². The highest BCUT2D eigenvalue weighted by atomic mass is 79.9. The standard InChI is InChI=1S/C10H17BrO3S/c1-5-14-8(12)6-15-10(3,4)9(13)7(2)11/h7H,5-6H2,1-4H3. The molecule has 0 aromatic rings. The molecule has 15 heavy (non-hydrogen) atoms. The molecular weight excluding hydrogens is 280 g/mol. The van der Waals surface area contributed by atoms with E-state index >= 15 is 0 Å². The summed E-state index contributed by atoms with van der Waals surface area (Å²) in [4.78, 5) is 22.6. The minimum absolute atomic E-state index is 0.0804. The Kier molecular flexibility index (Phi) is 6.52. The zero-order valence-electron chi connectivity index (χ0n) is 9.50. The normalized spacial score (nSPS) is 13.4. The number of carbonyl (C=O) groups is 2. The van der Waals surface area contributed by atoms with Gasteiger partial charge in [0.05, 0.1) is 21.9 Å². The van der Waals surface area contributed by atoms with E-state index in [1.54, 1.807) is 13.8 Å². The highest BCUT2D eigenvalue weighted by Gasteiger charge is 2.31. The van der Waals surface area contributed by atoms with Crippen LogP contribution in [-0.4, -0.2) is 33.7 Å². The van der Waals surface area contributed by atoms with Crippen LogP contribution in [0, 0.1) is 0 Å². The smallest absolute Gasteiger partial charge is 0.315 e. The average Bonchev–Trinajstić information content (AvgIpc) is 2.14. The van der Waals surface area contributed by atoms with Crippen molar-refractivity contribution in [2.45, 2.75) is 37.3 Å². The molecule has 5 heteroatoms. The third kappa shape index (κ3) is 5.56. The first-order valence-electron chi connectivity index (χ1n) is 4.79. The van der Waals surface area contributed by atoms with Crippen molar-refractivity contribution in [3.8, 4) is 0 Å². The summed E-state index contributed by atoms with van der Waals surface area (Å²) in [6, 6.07) is 0. The summed E-state index contributed by atoms with van der Waals surface area (Å²) in [5, 5.41) is 0. The number of carbonyl (C=O) groups excluding carboxylic acids is 2. The van der Waals surface area contributed by atoms with E-state index in [4.69, 9.17) is 4.74 Å². The van der Waals surface area contributed by atoms with Crippen molar-refractivity contribution in [3.05, 3.63) is 0 Å². The molecule has 0 aliphatic carbocycles. The molecule has 0 spiro atoms. The van der Waals surface area contributed by atoms with Crippen molar-refractivity contribution in [3.63, 3.8) is 0 Å². The molecule has 0 amide bonds. The molecule has 0 saturated heterocycles. The number of hydrogen-bond acceptors (Lipinski definition) is 4. The molecule has 0 heterocycles. The van der Waals surface area contributed by atoms with Gasteiger partial charge in [-0.1, -0.05) is 15.9 Å². The number of esters is 1. The minimum Gasteiger partial charge on any atom is -0.465 e. The lowest BCUT2D eigenvalue weighted by Gasteiger charge is -2.23.